The van der Waals surface area contributed by atoms with E-state index in [4.69, 9.17) is 4.74 Å². The zero-order chi connectivity index (χ0) is 13.0. The zero-order valence-electron chi connectivity index (χ0n) is 10.4. The first-order chi connectivity index (χ1) is 8.76. The van der Waals surface area contributed by atoms with Crippen molar-refractivity contribution in [2.75, 3.05) is 13.7 Å². The number of nitrogens with zero attached hydrogens (tertiary/aromatic N) is 3. The van der Waals surface area contributed by atoms with Gasteiger partial charge in [-0.2, -0.15) is 0 Å². The first-order valence-electron chi connectivity index (χ1n) is 5.70. The molecule has 6 heteroatoms. The maximum atomic E-state index is 13.3. The van der Waals surface area contributed by atoms with Gasteiger partial charge in [-0.3, -0.25) is 0 Å². The minimum atomic E-state index is -0.394. The molecule has 18 heavy (non-hydrogen) atoms. The van der Waals surface area contributed by atoms with E-state index in [2.05, 4.69) is 15.6 Å². The van der Waals surface area contributed by atoms with Crippen molar-refractivity contribution in [3.8, 4) is 11.4 Å². The Morgan fingerprint density at radius 2 is 2.28 bits per heavy atom. The fourth-order valence-corrected chi connectivity index (χ4v) is 1.63. The fourth-order valence-electron chi connectivity index (χ4n) is 1.63. The van der Waals surface area contributed by atoms with E-state index in [0.29, 0.717) is 6.54 Å². The van der Waals surface area contributed by atoms with Crippen LogP contribution >= 0.6 is 0 Å². The number of benzene rings is 1. The third-order valence-corrected chi connectivity index (χ3v) is 2.56. The molecule has 0 saturated carbocycles. The number of methoxy groups -OCH3 is 1. The summed E-state index contributed by atoms with van der Waals surface area (Å²) in [6.45, 7) is 3.54. The molecule has 0 saturated heterocycles. The first-order valence-corrected chi connectivity index (χ1v) is 5.70. The Bertz CT molecular complexity index is 527. The van der Waals surface area contributed by atoms with E-state index >= 15 is 0 Å². The Morgan fingerprint density at radius 1 is 1.44 bits per heavy atom. The zero-order valence-corrected chi connectivity index (χ0v) is 10.4. The van der Waals surface area contributed by atoms with Crippen LogP contribution in [0.5, 0.6) is 5.75 Å². The number of nitrogens with one attached hydrogen (secondary N) is 1. The van der Waals surface area contributed by atoms with Crippen molar-refractivity contribution < 1.29 is 9.13 Å². The molecule has 0 atom stereocenters. The summed E-state index contributed by atoms with van der Waals surface area (Å²) in [5, 5.41) is 11.1. The predicted molar refractivity (Wildman–Crippen MR) is 65.2 cm³/mol. The molecular weight excluding hydrogens is 235 g/mol. The van der Waals surface area contributed by atoms with Gasteiger partial charge in [0.25, 0.3) is 0 Å². The SMILES string of the molecule is CCNCc1cnnn1-c1ccc(F)c(OC)c1. The second-order valence-electron chi connectivity index (χ2n) is 3.74. The van der Waals surface area contributed by atoms with Crippen LogP contribution in [0.1, 0.15) is 12.6 Å². The minimum Gasteiger partial charge on any atom is -0.494 e. The van der Waals surface area contributed by atoms with Crippen LogP contribution in [-0.4, -0.2) is 28.6 Å². The van der Waals surface area contributed by atoms with Gasteiger partial charge < -0.3 is 10.1 Å². The van der Waals surface area contributed by atoms with Gasteiger partial charge in [0, 0.05) is 12.6 Å². The summed E-state index contributed by atoms with van der Waals surface area (Å²) in [6.07, 6.45) is 1.68. The molecule has 0 unspecified atom stereocenters. The van der Waals surface area contributed by atoms with E-state index < -0.39 is 5.82 Å². The van der Waals surface area contributed by atoms with Crippen LogP contribution in [0.25, 0.3) is 5.69 Å². The molecule has 2 rings (SSSR count). The first kappa shape index (κ1) is 12.5. The highest BCUT2D eigenvalue weighted by Gasteiger charge is 2.09. The Hall–Kier alpha value is -1.95. The maximum Gasteiger partial charge on any atom is 0.165 e. The van der Waals surface area contributed by atoms with E-state index in [1.54, 1.807) is 23.0 Å². The van der Waals surface area contributed by atoms with Crippen molar-refractivity contribution in [2.24, 2.45) is 0 Å². The van der Waals surface area contributed by atoms with Crippen LogP contribution in [0.2, 0.25) is 0 Å². The molecule has 0 aliphatic carbocycles. The molecule has 1 N–H and O–H groups in total. The summed E-state index contributed by atoms with van der Waals surface area (Å²) in [7, 11) is 1.43. The van der Waals surface area contributed by atoms with Crippen molar-refractivity contribution >= 4 is 0 Å². The van der Waals surface area contributed by atoms with Gasteiger partial charge in [0.15, 0.2) is 11.6 Å². The lowest BCUT2D eigenvalue weighted by atomic mass is 10.3. The standard InChI is InChI=1S/C12H15FN4O/c1-3-14-7-10-8-15-16-17(10)9-4-5-11(13)12(6-9)18-2/h4-6,8,14H,3,7H2,1-2H3. The fraction of sp³-hybridized carbons (Fsp3) is 0.333. The molecule has 2 aromatic rings. The van der Waals surface area contributed by atoms with Crippen molar-refractivity contribution in [2.45, 2.75) is 13.5 Å². The molecule has 0 radical (unpaired) electrons. The summed E-state index contributed by atoms with van der Waals surface area (Å²) in [4.78, 5) is 0. The summed E-state index contributed by atoms with van der Waals surface area (Å²) in [5.41, 5.74) is 1.63. The highest BCUT2D eigenvalue weighted by Crippen LogP contribution is 2.21. The second kappa shape index (κ2) is 5.59. The molecular formula is C12H15FN4O. The Balaban J connectivity index is 2.33. The predicted octanol–water partition coefficient (Wildman–Crippen LogP) is 1.52. The Kier molecular flexibility index (Phi) is 3.88. The minimum absolute atomic E-state index is 0.192. The normalized spacial score (nSPS) is 10.6. The lowest BCUT2D eigenvalue weighted by Gasteiger charge is -2.08. The molecule has 0 spiro atoms. The number of halogens is 1. The molecule has 1 aromatic heterocycles. The van der Waals surface area contributed by atoms with Crippen molar-refractivity contribution in [3.63, 3.8) is 0 Å². The number of aromatic nitrogens is 3. The van der Waals surface area contributed by atoms with Crippen LogP contribution in [0.4, 0.5) is 4.39 Å². The van der Waals surface area contributed by atoms with Crippen LogP contribution in [-0.2, 0) is 6.54 Å². The summed E-state index contributed by atoms with van der Waals surface area (Å²) < 4.78 is 19.9. The van der Waals surface area contributed by atoms with Gasteiger partial charge in [-0.25, -0.2) is 9.07 Å². The molecule has 0 aliphatic heterocycles. The van der Waals surface area contributed by atoms with E-state index in [0.717, 1.165) is 17.9 Å². The van der Waals surface area contributed by atoms with Crippen LogP contribution < -0.4 is 10.1 Å². The van der Waals surface area contributed by atoms with Gasteiger partial charge in [0.1, 0.15) is 0 Å². The molecule has 0 bridgehead atoms. The van der Waals surface area contributed by atoms with E-state index in [9.17, 15) is 4.39 Å². The number of hydrogen-bond donors (Lipinski definition) is 1. The smallest absolute Gasteiger partial charge is 0.165 e. The molecule has 0 aliphatic rings. The topological polar surface area (TPSA) is 52.0 Å². The highest BCUT2D eigenvalue weighted by molar-refractivity contribution is 5.40. The Labute approximate surface area is 105 Å². The van der Waals surface area contributed by atoms with Gasteiger partial charge in [-0.1, -0.05) is 12.1 Å². The molecule has 96 valence electrons. The van der Waals surface area contributed by atoms with Crippen LogP contribution in [0, 0.1) is 5.82 Å². The van der Waals surface area contributed by atoms with Crippen molar-refractivity contribution in [1.82, 2.24) is 20.3 Å². The van der Waals surface area contributed by atoms with Gasteiger partial charge in [-0.05, 0) is 18.7 Å². The number of rotatable bonds is 5. The summed E-state index contributed by atoms with van der Waals surface area (Å²) in [5.74, 6) is -0.202. The second-order valence-corrected chi connectivity index (χ2v) is 3.74. The van der Waals surface area contributed by atoms with Crippen molar-refractivity contribution in [1.29, 1.82) is 0 Å². The molecule has 0 fully saturated rings. The maximum absolute atomic E-state index is 13.3. The van der Waals surface area contributed by atoms with Crippen LogP contribution in [0.3, 0.4) is 0 Å². The summed E-state index contributed by atoms with van der Waals surface area (Å²) in [6, 6.07) is 4.59. The van der Waals surface area contributed by atoms with Crippen molar-refractivity contribution in [3.05, 3.63) is 35.9 Å². The monoisotopic (exact) mass is 250 g/mol. The third kappa shape index (κ3) is 2.48. The largest absolute Gasteiger partial charge is 0.494 e. The lowest BCUT2D eigenvalue weighted by molar-refractivity contribution is 0.386. The number of hydrogen-bond acceptors (Lipinski definition) is 4. The average Bonchev–Trinajstić information content (AvgIpc) is 2.85. The summed E-state index contributed by atoms with van der Waals surface area (Å²) >= 11 is 0. The van der Waals surface area contributed by atoms with Gasteiger partial charge in [0.2, 0.25) is 0 Å². The quantitative estimate of drug-likeness (QED) is 0.874. The molecule has 0 amide bonds. The highest BCUT2D eigenvalue weighted by atomic mass is 19.1. The lowest BCUT2D eigenvalue weighted by Crippen LogP contribution is -2.15. The van der Waals surface area contributed by atoms with Gasteiger partial charge in [-0.15, -0.1) is 5.10 Å². The molecule has 1 aromatic carbocycles. The molecule has 5 nitrogen and oxygen atoms in total. The van der Waals surface area contributed by atoms with E-state index in [1.165, 1.54) is 13.2 Å². The van der Waals surface area contributed by atoms with Crippen LogP contribution in [0.15, 0.2) is 24.4 Å². The van der Waals surface area contributed by atoms with E-state index in [1.807, 2.05) is 6.92 Å². The number of ether oxygens (including phenoxy) is 1. The van der Waals surface area contributed by atoms with E-state index in [-0.39, 0.29) is 5.75 Å². The van der Waals surface area contributed by atoms with Gasteiger partial charge in [0.05, 0.1) is 24.7 Å². The third-order valence-electron chi connectivity index (χ3n) is 2.56. The molecule has 1 heterocycles. The Morgan fingerprint density at radius 3 is 3.00 bits per heavy atom. The average molecular weight is 250 g/mol. The van der Waals surface area contributed by atoms with Gasteiger partial charge >= 0.3 is 0 Å².